The number of nitrogens with zero attached hydrogens (tertiary/aromatic N) is 3. The van der Waals surface area contributed by atoms with Crippen molar-refractivity contribution in [1.29, 1.82) is 0 Å². The molecule has 0 atom stereocenters. The Balaban J connectivity index is 1.57. The Kier molecular flexibility index (Phi) is 4.52. The SMILES string of the molecule is c1ccc(Nc2cc(-c3ccnc(Nc4ccncc4)c3)ccn2)cc1. The smallest absolute Gasteiger partial charge is 0.130 e. The summed E-state index contributed by atoms with van der Waals surface area (Å²) >= 11 is 0. The standard InChI is InChI=1S/C21H17N5/c1-2-4-18(5-3-1)25-20-14-16(6-12-23-20)17-7-13-24-21(15-17)26-19-8-10-22-11-9-19/h1-15H,(H,23,25)(H,22,24,26). The molecule has 26 heavy (non-hydrogen) atoms. The lowest BCUT2D eigenvalue weighted by Crippen LogP contribution is -1.95. The topological polar surface area (TPSA) is 62.7 Å². The molecule has 0 radical (unpaired) electrons. The minimum absolute atomic E-state index is 0.781. The maximum absolute atomic E-state index is 4.40. The van der Waals surface area contributed by atoms with Gasteiger partial charge in [-0.1, -0.05) is 18.2 Å². The van der Waals surface area contributed by atoms with E-state index in [9.17, 15) is 0 Å². The second-order valence-corrected chi connectivity index (χ2v) is 5.71. The van der Waals surface area contributed by atoms with E-state index in [1.165, 1.54) is 0 Å². The fraction of sp³-hybridized carbons (Fsp3) is 0. The summed E-state index contributed by atoms with van der Waals surface area (Å²) in [6, 6.07) is 21.8. The monoisotopic (exact) mass is 339 g/mol. The van der Waals surface area contributed by atoms with Crippen LogP contribution in [0.2, 0.25) is 0 Å². The number of para-hydroxylation sites is 1. The molecule has 3 heterocycles. The fourth-order valence-electron chi connectivity index (χ4n) is 2.61. The van der Waals surface area contributed by atoms with Gasteiger partial charge in [0, 0.05) is 36.2 Å². The van der Waals surface area contributed by atoms with Crippen molar-refractivity contribution in [2.75, 3.05) is 10.6 Å². The minimum atomic E-state index is 0.781. The molecule has 0 saturated carbocycles. The first-order chi connectivity index (χ1) is 12.9. The number of hydrogen-bond acceptors (Lipinski definition) is 5. The molecule has 0 unspecified atom stereocenters. The van der Waals surface area contributed by atoms with Crippen molar-refractivity contribution in [3.8, 4) is 11.1 Å². The van der Waals surface area contributed by atoms with Gasteiger partial charge < -0.3 is 10.6 Å². The highest BCUT2D eigenvalue weighted by Gasteiger charge is 2.04. The third kappa shape index (κ3) is 3.84. The van der Waals surface area contributed by atoms with Gasteiger partial charge in [-0.05, 0) is 59.7 Å². The highest BCUT2D eigenvalue weighted by atomic mass is 15.0. The summed E-state index contributed by atoms with van der Waals surface area (Å²) in [5.74, 6) is 1.58. The Bertz CT molecular complexity index is 904. The summed E-state index contributed by atoms with van der Waals surface area (Å²) in [4.78, 5) is 12.8. The normalized spacial score (nSPS) is 10.3. The molecule has 1 aromatic carbocycles. The Labute approximate surface area is 151 Å². The lowest BCUT2D eigenvalue weighted by atomic mass is 10.1. The Morgan fingerprint density at radius 2 is 1.08 bits per heavy atom. The first-order valence-corrected chi connectivity index (χ1v) is 8.28. The second kappa shape index (κ2) is 7.44. The molecule has 0 aliphatic carbocycles. The van der Waals surface area contributed by atoms with E-state index < -0.39 is 0 Å². The van der Waals surface area contributed by atoms with E-state index in [1.807, 2.05) is 66.7 Å². The zero-order chi connectivity index (χ0) is 17.6. The summed E-state index contributed by atoms with van der Waals surface area (Å²) in [7, 11) is 0. The van der Waals surface area contributed by atoms with Crippen molar-refractivity contribution in [1.82, 2.24) is 15.0 Å². The summed E-state index contributed by atoms with van der Waals surface area (Å²) in [5.41, 5.74) is 4.09. The van der Waals surface area contributed by atoms with Crippen LogP contribution in [-0.4, -0.2) is 15.0 Å². The van der Waals surface area contributed by atoms with Crippen molar-refractivity contribution in [3.63, 3.8) is 0 Å². The molecule has 0 bridgehead atoms. The summed E-state index contributed by atoms with van der Waals surface area (Å²) < 4.78 is 0. The zero-order valence-electron chi connectivity index (χ0n) is 14.0. The second-order valence-electron chi connectivity index (χ2n) is 5.71. The molecule has 0 spiro atoms. The van der Waals surface area contributed by atoms with Gasteiger partial charge in [-0.15, -0.1) is 0 Å². The number of anilines is 4. The Morgan fingerprint density at radius 1 is 0.538 bits per heavy atom. The van der Waals surface area contributed by atoms with Gasteiger partial charge in [0.25, 0.3) is 0 Å². The van der Waals surface area contributed by atoms with Crippen molar-refractivity contribution in [2.45, 2.75) is 0 Å². The van der Waals surface area contributed by atoms with Crippen LogP contribution in [0.25, 0.3) is 11.1 Å². The quantitative estimate of drug-likeness (QED) is 0.534. The molecule has 0 fully saturated rings. The average molecular weight is 339 g/mol. The molecular formula is C21H17N5. The fourth-order valence-corrected chi connectivity index (χ4v) is 2.61. The number of nitrogens with one attached hydrogen (secondary N) is 2. The van der Waals surface area contributed by atoms with Gasteiger partial charge in [0.15, 0.2) is 0 Å². The van der Waals surface area contributed by atoms with E-state index in [4.69, 9.17) is 0 Å². The molecule has 0 aliphatic heterocycles. The molecule has 5 heteroatoms. The van der Waals surface area contributed by atoms with Crippen LogP contribution in [0, 0.1) is 0 Å². The van der Waals surface area contributed by atoms with E-state index >= 15 is 0 Å². The minimum Gasteiger partial charge on any atom is -0.340 e. The van der Waals surface area contributed by atoms with Crippen molar-refractivity contribution >= 4 is 23.0 Å². The lowest BCUT2D eigenvalue weighted by Gasteiger charge is -2.09. The van der Waals surface area contributed by atoms with Crippen LogP contribution in [0.5, 0.6) is 0 Å². The van der Waals surface area contributed by atoms with Gasteiger partial charge in [0.05, 0.1) is 0 Å². The van der Waals surface area contributed by atoms with Crippen LogP contribution >= 0.6 is 0 Å². The number of hydrogen-bond donors (Lipinski definition) is 2. The first-order valence-electron chi connectivity index (χ1n) is 8.28. The van der Waals surface area contributed by atoms with Crippen LogP contribution in [0.4, 0.5) is 23.0 Å². The predicted molar refractivity (Wildman–Crippen MR) is 105 cm³/mol. The number of aromatic nitrogens is 3. The van der Waals surface area contributed by atoms with E-state index in [2.05, 4.69) is 25.6 Å². The van der Waals surface area contributed by atoms with Gasteiger partial charge in [0.1, 0.15) is 11.6 Å². The molecule has 0 saturated heterocycles. The summed E-state index contributed by atoms with van der Waals surface area (Å²) in [6.07, 6.45) is 7.09. The maximum atomic E-state index is 4.40. The molecular weight excluding hydrogens is 322 g/mol. The van der Waals surface area contributed by atoms with Crippen LogP contribution in [0.1, 0.15) is 0 Å². The Hall–Kier alpha value is -3.73. The number of rotatable bonds is 5. The van der Waals surface area contributed by atoms with E-state index in [1.54, 1.807) is 24.8 Å². The highest BCUT2D eigenvalue weighted by Crippen LogP contribution is 2.25. The molecule has 2 N–H and O–H groups in total. The largest absolute Gasteiger partial charge is 0.340 e. The van der Waals surface area contributed by atoms with Crippen molar-refractivity contribution in [3.05, 3.63) is 91.5 Å². The van der Waals surface area contributed by atoms with Gasteiger partial charge in [-0.25, -0.2) is 9.97 Å². The van der Waals surface area contributed by atoms with E-state index in [0.29, 0.717) is 0 Å². The third-order valence-electron chi connectivity index (χ3n) is 3.85. The van der Waals surface area contributed by atoms with Gasteiger partial charge in [-0.3, -0.25) is 4.98 Å². The zero-order valence-corrected chi connectivity index (χ0v) is 14.0. The third-order valence-corrected chi connectivity index (χ3v) is 3.85. The lowest BCUT2D eigenvalue weighted by molar-refractivity contribution is 1.28. The summed E-state index contributed by atoms with van der Waals surface area (Å²) in [6.45, 7) is 0. The molecule has 4 rings (SSSR count). The van der Waals surface area contributed by atoms with E-state index in [0.717, 1.165) is 34.1 Å². The maximum Gasteiger partial charge on any atom is 0.130 e. The molecule has 5 nitrogen and oxygen atoms in total. The van der Waals surface area contributed by atoms with Crippen LogP contribution in [-0.2, 0) is 0 Å². The Morgan fingerprint density at radius 3 is 1.65 bits per heavy atom. The summed E-state index contributed by atoms with van der Waals surface area (Å²) in [5, 5.41) is 6.61. The predicted octanol–water partition coefficient (Wildman–Crippen LogP) is 5.03. The van der Waals surface area contributed by atoms with Crippen molar-refractivity contribution in [2.24, 2.45) is 0 Å². The molecule has 0 aliphatic rings. The molecule has 4 aromatic rings. The van der Waals surface area contributed by atoms with Gasteiger partial charge in [0.2, 0.25) is 0 Å². The average Bonchev–Trinajstić information content (AvgIpc) is 2.70. The molecule has 0 amide bonds. The number of pyridine rings is 3. The van der Waals surface area contributed by atoms with Crippen LogP contribution in [0.3, 0.4) is 0 Å². The van der Waals surface area contributed by atoms with Crippen LogP contribution in [0.15, 0.2) is 91.5 Å². The van der Waals surface area contributed by atoms with Crippen molar-refractivity contribution < 1.29 is 0 Å². The van der Waals surface area contributed by atoms with E-state index in [-0.39, 0.29) is 0 Å². The first kappa shape index (κ1) is 15.8. The number of benzene rings is 1. The molecule has 3 aromatic heterocycles. The van der Waals surface area contributed by atoms with Gasteiger partial charge in [-0.2, -0.15) is 0 Å². The molecule has 126 valence electrons. The highest BCUT2D eigenvalue weighted by molar-refractivity contribution is 5.71. The van der Waals surface area contributed by atoms with Gasteiger partial charge >= 0.3 is 0 Å². The van der Waals surface area contributed by atoms with Crippen LogP contribution < -0.4 is 10.6 Å².